The van der Waals surface area contributed by atoms with Crippen LogP contribution in [-0.4, -0.2) is 37.0 Å². The largest absolute Gasteiger partial charge is 0.385 e. The number of halogens is 1. The number of carbonyl (C=O) groups excluding carboxylic acids is 2. The third-order valence-corrected chi connectivity index (χ3v) is 3.00. The van der Waals surface area contributed by atoms with Gasteiger partial charge in [0, 0.05) is 4.91 Å². The summed E-state index contributed by atoms with van der Waals surface area (Å²) in [5.41, 5.74) is 6.67. The van der Waals surface area contributed by atoms with Crippen LogP contribution >= 0.6 is 11.6 Å². The molecular formula is C8H9ClN4O6S. The van der Waals surface area contributed by atoms with Crippen molar-refractivity contribution in [2.45, 2.75) is 18.8 Å². The zero-order valence-corrected chi connectivity index (χ0v) is 11.9. The predicted octanol–water partition coefficient (Wildman–Crippen LogP) is 0.760. The van der Waals surface area contributed by atoms with Crippen molar-refractivity contribution < 1.29 is 27.0 Å². The fraction of sp³-hybridized carbons (Fsp3) is 0.500. The summed E-state index contributed by atoms with van der Waals surface area (Å²) in [5, 5.41) is 2.57. The van der Waals surface area contributed by atoms with E-state index in [4.69, 9.17) is 17.1 Å². The molecule has 0 radical (unpaired) electrons. The van der Waals surface area contributed by atoms with Crippen LogP contribution < -0.4 is 0 Å². The van der Waals surface area contributed by atoms with Crippen molar-refractivity contribution in [2.75, 3.05) is 6.26 Å². The Morgan fingerprint density at radius 2 is 2.20 bits per heavy atom. The van der Waals surface area contributed by atoms with Crippen molar-refractivity contribution >= 4 is 33.6 Å². The van der Waals surface area contributed by atoms with Crippen molar-refractivity contribution in [2.24, 2.45) is 5.28 Å². The number of β-lactam (4-membered cyclic amide) rings is 1. The lowest BCUT2D eigenvalue weighted by Gasteiger charge is -2.36. The molecular weight excluding hydrogens is 316 g/mol. The molecule has 0 bridgehead atoms. The van der Waals surface area contributed by atoms with E-state index in [0.717, 1.165) is 18.1 Å². The second-order valence-corrected chi connectivity index (χ2v) is 5.72. The smallest absolute Gasteiger partial charge is 0.370 e. The molecule has 10 nitrogen and oxygen atoms in total. The number of allylic oxidation sites excluding steroid dienone is 1. The van der Waals surface area contributed by atoms with Crippen LogP contribution in [0.5, 0.6) is 0 Å². The lowest BCUT2D eigenvalue weighted by atomic mass is 10.1. The number of carbonyl (C=O) groups is 2. The van der Waals surface area contributed by atoms with Crippen molar-refractivity contribution in [1.82, 2.24) is 4.90 Å². The molecule has 1 aliphatic rings. The number of likely N-dealkylation sites (tertiary alicyclic amines) is 1. The SMILES string of the molecule is CC(OS(C)(=O)=O)=C(C(=O)ON=[N+]=[N-])N1C(=O)CC1Cl. The quantitative estimate of drug-likeness (QED) is 0.0698. The van der Waals surface area contributed by atoms with Crippen LogP contribution in [0, 0.1) is 0 Å². The molecule has 20 heavy (non-hydrogen) atoms. The minimum atomic E-state index is -3.93. The number of hydrogen-bond acceptors (Lipinski definition) is 7. The summed E-state index contributed by atoms with van der Waals surface area (Å²) in [5.74, 6) is -2.22. The van der Waals surface area contributed by atoms with Gasteiger partial charge in [-0.3, -0.25) is 9.69 Å². The molecule has 110 valence electrons. The summed E-state index contributed by atoms with van der Waals surface area (Å²) in [6.45, 7) is 1.13. The highest BCUT2D eigenvalue weighted by Crippen LogP contribution is 2.30. The van der Waals surface area contributed by atoms with Crippen LogP contribution in [-0.2, 0) is 28.7 Å². The minimum Gasteiger partial charge on any atom is -0.385 e. The summed E-state index contributed by atoms with van der Waals surface area (Å²) in [6.07, 6.45) is 0.717. The Morgan fingerprint density at radius 3 is 2.60 bits per heavy atom. The van der Waals surface area contributed by atoms with Crippen molar-refractivity contribution in [3.8, 4) is 0 Å². The highest BCUT2D eigenvalue weighted by Gasteiger charge is 2.42. The summed E-state index contributed by atoms with van der Waals surface area (Å²) < 4.78 is 26.6. The van der Waals surface area contributed by atoms with Gasteiger partial charge in [-0.1, -0.05) is 11.6 Å². The molecule has 0 saturated carbocycles. The number of alkyl halides is 1. The molecule has 12 heteroatoms. The Balaban J connectivity index is 3.19. The standard InChI is InChI=1S/C8H9ClN4O6S/c1-4(19-20(2,16)17)7(8(15)18-12-11-10)13-5(9)3-6(13)14/h5H,3H2,1-2H3. The van der Waals surface area contributed by atoms with Gasteiger partial charge in [-0.25, -0.2) is 4.79 Å². The van der Waals surface area contributed by atoms with Gasteiger partial charge in [0.2, 0.25) is 5.91 Å². The van der Waals surface area contributed by atoms with E-state index in [1.807, 2.05) is 0 Å². The zero-order chi connectivity index (χ0) is 15.5. The Hall–Kier alpha value is -1.97. The van der Waals surface area contributed by atoms with Gasteiger partial charge in [0.15, 0.2) is 5.70 Å². The zero-order valence-electron chi connectivity index (χ0n) is 10.3. The monoisotopic (exact) mass is 324 g/mol. The van der Waals surface area contributed by atoms with Gasteiger partial charge < -0.3 is 9.02 Å². The number of amides is 1. The highest BCUT2D eigenvalue weighted by atomic mass is 35.5. The van der Waals surface area contributed by atoms with E-state index in [1.54, 1.807) is 0 Å². The Labute approximate surface area is 118 Å². The maximum Gasteiger partial charge on any atom is 0.370 e. The fourth-order valence-corrected chi connectivity index (χ4v) is 2.29. The molecule has 1 rings (SSSR count). The molecule has 0 N–H and O–H groups in total. The Morgan fingerprint density at radius 1 is 1.60 bits per heavy atom. The highest BCUT2D eigenvalue weighted by molar-refractivity contribution is 7.86. The average Bonchev–Trinajstić information content (AvgIpc) is 2.30. The summed E-state index contributed by atoms with van der Waals surface area (Å²) in [7, 11) is -3.93. The van der Waals surface area contributed by atoms with E-state index >= 15 is 0 Å². The maximum atomic E-state index is 11.7. The molecule has 0 spiro atoms. The Bertz CT molecular complexity index is 623. The van der Waals surface area contributed by atoms with Gasteiger partial charge in [0.25, 0.3) is 0 Å². The van der Waals surface area contributed by atoms with Gasteiger partial charge in [0.05, 0.1) is 12.7 Å². The van der Waals surface area contributed by atoms with Crippen LogP contribution in [0.25, 0.3) is 10.4 Å². The number of rotatable bonds is 5. The van der Waals surface area contributed by atoms with E-state index < -0.39 is 39.0 Å². The first-order valence-electron chi connectivity index (χ1n) is 4.99. The lowest BCUT2D eigenvalue weighted by molar-refractivity contribution is -0.150. The van der Waals surface area contributed by atoms with E-state index in [1.165, 1.54) is 0 Å². The van der Waals surface area contributed by atoms with Gasteiger partial charge in [0.1, 0.15) is 16.5 Å². The first kappa shape index (κ1) is 16.1. The molecule has 0 aliphatic carbocycles. The number of nitrogens with zero attached hydrogens (tertiary/aromatic N) is 4. The second-order valence-electron chi connectivity index (χ2n) is 3.64. The van der Waals surface area contributed by atoms with Crippen LogP contribution in [0.1, 0.15) is 13.3 Å². The molecule has 1 amide bonds. The third kappa shape index (κ3) is 3.76. The fourth-order valence-electron chi connectivity index (χ4n) is 1.42. The van der Waals surface area contributed by atoms with Gasteiger partial charge >= 0.3 is 16.1 Å². The maximum absolute atomic E-state index is 11.7. The molecule has 1 fully saturated rings. The van der Waals surface area contributed by atoms with Crippen LogP contribution in [0.3, 0.4) is 0 Å². The van der Waals surface area contributed by atoms with Crippen molar-refractivity contribution in [1.29, 1.82) is 0 Å². The van der Waals surface area contributed by atoms with Crippen molar-refractivity contribution in [3.05, 3.63) is 21.9 Å². The molecule has 1 atom stereocenters. The van der Waals surface area contributed by atoms with Gasteiger partial charge in [-0.05, 0) is 12.5 Å². The molecule has 0 aromatic carbocycles. The normalized spacial score (nSPS) is 19.4. The summed E-state index contributed by atoms with van der Waals surface area (Å²) in [6, 6.07) is 0. The molecule has 1 heterocycles. The number of hydrogen-bond donors (Lipinski definition) is 0. The second kappa shape index (κ2) is 5.99. The molecule has 1 saturated heterocycles. The van der Waals surface area contributed by atoms with E-state index in [0.29, 0.717) is 0 Å². The molecule has 0 aromatic rings. The van der Waals surface area contributed by atoms with Gasteiger partial charge in [-0.2, -0.15) is 8.42 Å². The van der Waals surface area contributed by atoms with Crippen molar-refractivity contribution in [3.63, 3.8) is 0 Å². The number of azide groups is 1. The Kier molecular flexibility index (Phi) is 4.82. The van der Waals surface area contributed by atoms with Gasteiger partial charge in [-0.15, -0.1) is 0 Å². The summed E-state index contributed by atoms with van der Waals surface area (Å²) >= 11 is 5.75. The lowest BCUT2D eigenvalue weighted by Crippen LogP contribution is -2.50. The van der Waals surface area contributed by atoms with Crippen LogP contribution in [0.15, 0.2) is 16.7 Å². The van der Waals surface area contributed by atoms with Crippen LogP contribution in [0.4, 0.5) is 0 Å². The predicted molar refractivity (Wildman–Crippen MR) is 65.0 cm³/mol. The minimum absolute atomic E-state index is 0.0357. The van der Waals surface area contributed by atoms with Crippen LogP contribution in [0.2, 0.25) is 0 Å². The van der Waals surface area contributed by atoms with E-state index in [-0.39, 0.29) is 6.42 Å². The van der Waals surface area contributed by atoms with E-state index in [9.17, 15) is 18.0 Å². The molecule has 0 aromatic heterocycles. The summed E-state index contributed by atoms with van der Waals surface area (Å²) in [4.78, 5) is 30.2. The first-order chi connectivity index (χ1) is 9.17. The third-order valence-electron chi connectivity index (χ3n) is 2.10. The topological polar surface area (TPSA) is 139 Å². The molecule has 1 aliphatic heterocycles. The first-order valence-corrected chi connectivity index (χ1v) is 7.25. The van der Waals surface area contributed by atoms with E-state index in [2.05, 4.69) is 19.2 Å². The molecule has 1 unspecified atom stereocenters. The average molecular weight is 325 g/mol.